The first kappa shape index (κ1) is 20.4. The van der Waals surface area contributed by atoms with Crippen molar-refractivity contribution in [3.05, 3.63) is 52.5 Å². The van der Waals surface area contributed by atoms with E-state index in [4.69, 9.17) is 4.74 Å². The fourth-order valence-electron chi connectivity index (χ4n) is 2.87. The molecule has 2 N–H and O–H groups in total. The van der Waals surface area contributed by atoms with Crippen LogP contribution in [0.5, 0.6) is 0 Å². The molecule has 148 valence electrons. The van der Waals surface area contributed by atoms with Crippen molar-refractivity contribution in [3.8, 4) is 0 Å². The molecular formula is C21H24BrN3O3. The number of morpholine rings is 1. The predicted octanol–water partition coefficient (Wildman–Crippen LogP) is 4.13. The molecule has 0 atom stereocenters. The Balaban J connectivity index is 1.74. The second kappa shape index (κ2) is 9.21. The Bertz CT molecular complexity index is 846. The van der Waals surface area contributed by atoms with Crippen LogP contribution >= 0.6 is 15.9 Å². The SMILES string of the molecule is CC(C)C(=O)Nc1ccc(C(=O)Nc2cc(Br)ccc2N2CCOCC2)cc1. The molecule has 0 aliphatic carbocycles. The maximum Gasteiger partial charge on any atom is 0.255 e. The molecule has 1 heterocycles. The lowest BCUT2D eigenvalue weighted by atomic mass is 10.1. The van der Waals surface area contributed by atoms with E-state index in [-0.39, 0.29) is 17.7 Å². The molecule has 0 unspecified atom stereocenters. The van der Waals surface area contributed by atoms with Gasteiger partial charge in [-0.25, -0.2) is 0 Å². The summed E-state index contributed by atoms with van der Waals surface area (Å²) in [5, 5.41) is 5.83. The second-order valence-corrected chi connectivity index (χ2v) is 7.85. The molecule has 1 saturated heterocycles. The highest BCUT2D eigenvalue weighted by Crippen LogP contribution is 2.30. The summed E-state index contributed by atoms with van der Waals surface area (Å²) < 4.78 is 6.32. The number of nitrogens with zero attached hydrogens (tertiary/aromatic N) is 1. The van der Waals surface area contributed by atoms with Gasteiger partial charge in [-0.3, -0.25) is 9.59 Å². The van der Waals surface area contributed by atoms with Gasteiger partial charge in [-0.1, -0.05) is 29.8 Å². The number of anilines is 3. The fourth-order valence-corrected chi connectivity index (χ4v) is 3.24. The number of benzene rings is 2. The third-order valence-corrected chi connectivity index (χ3v) is 4.99. The third kappa shape index (κ3) is 5.11. The molecule has 1 aliphatic rings. The standard InChI is InChI=1S/C21H24BrN3O3/c1-14(2)20(26)23-17-6-3-15(4-7-17)21(27)24-18-13-16(22)5-8-19(18)25-9-11-28-12-10-25/h3-8,13-14H,9-12H2,1-2H3,(H,23,26)(H,24,27). The maximum atomic E-state index is 12.7. The smallest absolute Gasteiger partial charge is 0.255 e. The molecule has 1 aliphatic heterocycles. The number of halogens is 1. The zero-order valence-electron chi connectivity index (χ0n) is 16.0. The van der Waals surface area contributed by atoms with Crippen LogP contribution in [0.1, 0.15) is 24.2 Å². The van der Waals surface area contributed by atoms with Crippen molar-refractivity contribution in [3.63, 3.8) is 0 Å². The van der Waals surface area contributed by atoms with Gasteiger partial charge < -0.3 is 20.3 Å². The molecule has 0 radical (unpaired) electrons. The molecule has 3 rings (SSSR count). The van der Waals surface area contributed by atoms with Gasteiger partial charge in [0.05, 0.1) is 24.6 Å². The average molecular weight is 446 g/mol. The fraction of sp³-hybridized carbons (Fsp3) is 0.333. The molecule has 0 aromatic heterocycles. The molecule has 6 nitrogen and oxygen atoms in total. The lowest BCUT2D eigenvalue weighted by Crippen LogP contribution is -2.36. The van der Waals surface area contributed by atoms with Crippen LogP contribution in [0.4, 0.5) is 17.1 Å². The van der Waals surface area contributed by atoms with Gasteiger partial charge in [-0.15, -0.1) is 0 Å². The molecular weight excluding hydrogens is 422 g/mol. The summed E-state index contributed by atoms with van der Waals surface area (Å²) in [4.78, 5) is 26.7. The Morgan fingerprint density at radius 3 is 2.36 bits per heavy atom. The number of amides is 2. The van der Waals surface area contributed by atoms with Crippen LogP contribution in [-0.4, -0.2) is 38.1 Å². The van der Waals surface area contributed by atoms with Crippen LogP contribution in [-0.2, 0) is 9.53 Å². The van der Waals surface area contributed by atoms with E-state index in [2.05, 4.69) is 31.5 Å². The predicted molar refractivity (Wildman–Crippen MR) is 115 cm³/mol. The van der Waals surface area contributed by atoms with E-state index in [0.29, 0.717) is 24.5 Å². The Labute approximate surface area is 173 Å². The summed E-state index contributed by atoms with van der Waals surface area (Å²) in [5.41, 5.74) is 2.92. The molecule has 0 bridgehead atoms. The van der Waals surface area contributed by atoms with Crippen LogP contribution in [0.15, 0.2) is 46.9 Å². The number of hydrogen-bond donors (Lipinski definition) is 2. The van der Waals surface area contributed by atoms with Crippen molar-refractivity contribution in [1.29, 1.82) is 0 Å². The van der Waals surface area contributed by atoms with E-state index in [1.165, 1.54) is 0 Å². The van der Waals surface area contributed by atoms with Crippen molar-refractivity contribution in [2.45, 2.75) is 13.8 Å². The van der Waals surface area contributed by atoms with E-state index < -0.39 is 0 Å². The molecule has 2 amide bonds. The summed E-state index contributed by atoms with van der Waals surface area (Å²) in [6.45, 7) is 6.59. The quantitative estimate of drug-likeness (QED) is 0.725. The Morgan fingerprint density at radius 1 is 1.04 bits per heavy atom. The lowest BCUT2D eigenvalue weighted by Gasteiger charge is -2.30. The summed E-state index contributed by atoms with van der Waals surface area (Å²) in [6.07, 6.45) is 0. The van der Waals surface area contributed by atoms with Gasteiger partial charge >= 0.3 is 0 Å². The highest BCUT2D eigenvalue weighted by Gasteiger charge is 2.17. The molecule has 28 heavy (non-hydrogen) atoms. The topological polar surface area (TPSA) is 70.7 Å². The minimum absolute atomic E-state index is 0.0542. The van der Waals surface area contributed by atoms with E-state index in [9.17, 15) is 9.59 Å². The van der Waals surface area contributed by atoms with Gasteiger partial charge in [-0.2, -0.15) is 0 Å². The van der Waals surface area contributed by atoms with E-state index >= 15 is 0 Å². The Hall–Kier alpha value is -2.38. The number of carbonyl (C=O) groups excluding carboxylic acids is 2. The zero-order valence-corrected chi connectivity index (χ0v) is 17.6. The lowest BCUT2D eigenvalue weighted by molar-refractivity contribution is -0.118. The third-order valence-electron chi connectivity index (χ3n) is 4.50. The van der Waals surface area contributed by atoms with Crippen molar-refractivity contribution in [2.75, 3.05) is 41.8 Å². The Kier molecular flexibility index (Phi) is 6.70. The monoisotopic (exact) mass is 445 g/mol. The van der Waals surface area contributed by atoms with Gasteiger partial charge in [0.25, 0.3) is 5.91 Å². The van der Waals surface area contributed by atoms with E-state index in [1.54, 1.807) is 24.3 Å². The zero-order chi connectivity index (χ0) is 20.1. The minimum Gasteiger partial charge on any atom is -0.378 e. The molecule has 0 spiro atoms. The number of ether oxygens (including phenoxy) is 1. The maximum absolute atomic E-state index is 12.7. The minimum atomic E-state index is -0.200. The van der Waals surface area contributed by atoms with Gasteiger partial charge in [0.15, 0.2) is 0 Å². The molecule has 7 heteroatoms. The number of carbonyl (C=O) groups is 2. The average Bonchev–Trinajstić information content (AvgIpc) is 2.69. The van der Waals surface area contributed by atoms with E-state index in [0.717, 1.165) is 28.9 Å². The summed E-state index contributed by atoms with van der Waals surface area (Å²) in [5.74, 6) is -0.353. The molecule has 0 saturated carbocycles. The first-order valence-corrected chi connectivity index (χ1v) is 10.1. The van der Waals surface area contributed by atoms with Crippen LogP contribution < -0.4 is 15.5 Å². The number of rotatable bonds is 5. The van der Waals surface area contributed by atoms with Crippen molar-refractivity contribution in [1.82, 2.24) is 0 Å². The van der Waals surface area contributed by atoms with Crippen molar-refractivity contribution >= 4 is 44.8 Å². The van der Waals surface area contributed by atoms with Crippen LogP contribution in [0.3, 0.4) is 0 Å². The summed E-state index contributed by atoms with van der Waals surface area (Å²) >= 11 is 3.48. The van der Waals surface area contributed by atoms with Gasteiger partial charge in [0.1, 0.15) is 0 Å². The Morgan fingerprint density at radius 2 is 1.71 bits per heavy atom. The molecule has 1 fully saturated rings. The normalized spacial score (nSPS) is 14.1. The first-order chi connectivity index (χ1) is 13.4. The number of nitrogens with one attached hydrogen (secondary N) is 2. The van der Waals surface area contributed by atoms with E-state index in [1.807, 2.05) is 32.0 Å². The molecule has 2 aromatic carbocycles. The van der Waals surface area contributed by atoms with Crippen LogP contribution in [0, 0.1) is 5.92 Å². The first-order valence-electron chi connectivity index (χ1n) is 9.28. The van der Waals surface area contributed by atoms with Crippen molar-refractivity contribution in [2.24, 2.45) is 5.92 Å². The summed E-state index contributed by atoms with van der Waals surface area (Å²) in [7, 11) is 0. The highest BCUT2D eigenvalue weighted by atomic mass is 79.9. The van der Waals surface area contributed by atoms with Crippen molar-refractivity contribution < 1.29 is 14.3 Å². The number of hydrogen-bond acceptors (Lipinski definition) is 4. The van der Waals surface area contributed by atoms with Gasteiger partial charge in [0.2, 0.25) is 5.91 Å². The van der Waals surface area contributed by atoms with Gasteiger partial charge in [-0.05, 0) is 42.5 Å². The molecule has 2 aromatic rings. The highest BCUT2D eigenvalue weighted by molar-refractivity contribution is 9.10. The van der Waals surface area contributed by atoms with Gasteiger partial charge in [0, 0.05) is 34.7 Å². The van der Waals surface area contributed by atoms with Crippen LogP contribution in [0.2, 0.25) is 0 Å². The second-order valence-electron chi connectivity index (χ2n) is 6.94. The van der Waals surface area contributed by atoms with Crippen LogP contribution in [0.25, 0.3) is 0 Å². The largest absolute Gasteiger partial charge is 0.378 e. The summed E-state index contributed by atoms with van der Waals surface area (Å²) in [6, 6.07) is 12.7.